The van der Waals surface area contributed by atoms with Crippen LogP contribution in [0.4, 0.5) is 8.78 Å². The Morgan fingerprint density at radius 2 is 2.17 bits per heavy atom. The van der Waals surface area contributed by atoms with Crippen molar-refractivity contribution in [3.05, 3.63) is 35.4 Å². The number of rotatable bonds is 4. The molecule has 0 saturated carbocycles. The van der Waals surface area contributed by atoms with Gasteiger partial charge in [0.1, 0.15) is 11.6 Å². The highest BCUT2D eigenvalue weighted by Crippen LogP contribution is 2.21. The maximum atomic E-state index is 13.3. The molecule has 3 nitrogen and oxygen atoms in total. The molecule has 1 aromatic carbocycles. The molecular weight excluding hydrogens is 240 g/mol. The van der Waals surface area contributed by atoms with Gasteiger partial charge in [-0.1, -0.05) is 6.07 Å². The highest BCUT2D eigenvalue weighted by Gasteiger charge is 2.32. The molecule has 18 heavy (non-hydrogen) atoms. The van der Waals surface area contributed by atoms with Gasteiger partial charge in [-0.3, -0.25) is 0 Å². The lowest BCUT2D eigenvalue weighted by molar-refractivity contribution is -0.137. The summed E-state index contributed by atoms with van der Waals surface area (Å²) >= 11 is 0. The second-order valence-corrected chi connectivity index (χ2v) is 4.82. The van der Waals surface area contributed by atoms with Gasteiger partial charge in [-0.05, 0) is 19.9 Å². The molecule has 1 aliphatic heterocycles. The van der Waals surface area contributed by atoms with Gasteiger partial charge in [-0.15, -0.1) is 0 Å². The Balaban J connectivity index is 1.79. The number of halogens is 2. The molecule has 0 radical (unpaired) electrons. The van der Waals surface area contributed by atoms with E-state index >= 15 is 0 Å². The summed E-state index contributed by atoms with van der Waals surface area (Å²) in [5, 5.41) is 3.07. The molecule has 0 bridgehead atoms. The minimum absolute atomic E-state index is 0.0384. The Hall–Kier alpha value is -1.04. The summed E-state index contributed by atoms with van der Waals surface area (Å²) in [6.45, 7) is 5.14. The van der Waals surface area contributed by atoms with Crippen LogP contribution < -0.4 is 5.32 Å². The Morgan fingerprint density at radius 1 is 1.39 bits per heavy atom. The van der Waals surface area contributed by atoms with Crippen LogP contribution in [0.2, 0.25) is 0 Å². The van der Waals surface area contributed by atoms with E-state index in [0.717, 1.165) is 6.07 Å². The molecule has 0 aliphatic carbocycles. The smallest absolute Gasteiger partial charge is 0.163 e. The Kier molecular flexibility index (Phi) is 3.94. The number of hydrogen-bond acceptors (Lipinski definition) is 3. The second kappa shape index (κ2) is 5.30. The van der Waals surface area contributed by atoms with E-state index in [1.807, 2.05) is 13.8 Å². The fourth-order valence-corrected chi connectivity index (χ4v) is 1.90. The van der Waals surface area contributed by atoms with E-state index in [9.17, 15) is 8.78 Å². The zero-order valence-electron chi connectivity index (χ0n) is 10.5. The summed E-state index contributed by atoms with van der Waals surface area (Å²) in [5.41, 5.74) is 0.439. The highest BCUT2D eigenvalue weighted by atomic mass is 19.1. The van der Waals surface area contributed by atoms with Gasteiger partial charge in [-0.25, -0.2) is 8.78 Å². The van der Waals surface area contributed by atoms with Crippen molar-refractivity contribution in [2.75, 3.05) is 13.2 Å². The summed E-state index contributed by atoms with van der Waals surface area (Å²) in [6.07, 6.45) is -0.0384. The normalized spacial score (nSPS) is 22.3. The van der Waals surface area contributed by atoms with Crippen LogP contribution in [0.15, 0.2) is 18.2 Å². The Morgan fingerprint density at radius 3 is 2.78 bits per heavy atom. The number of benzene rings is 1. The maximum absolute atomic E-state index is 13.3. The molecule has 0 aromatic heterocycles. The summed E-state index contributed by atoms with van der Waals surface area (Å²) < 4.78 is 37.0. The predicted molar refractivity (Wildman–Crippen MR) is 63.0 cm³/mol. The van der Waals surface area contributed by atoms with E-state index in [-0.39, 0.29) is 6.10 Å². The van der Waals surface area contributed by atoms with Gasteiger partial charge >= 0.3 is 0 Å². The minimum Gasteiger partial charge on any atom is -0.348 e. The summed E-state index contributed by atoms with van der Waals surface area (Å²) in [4.78, 5) is 0. The van der Waals surface area contributed by atoms with Gasteiger partial charge < -0.3 is 14.8 Å². The van der Waals surface area contributed by atoms with Gasteiger partial charge in [-0.2, -0.15) is 0 Å². The molecule has 100 valence electrons. The predicted octanol–water partition coefficient (Wildman–Crippen LogP) is 2.21. The SMILES string of the molecule is CC1(C)OCC(CNCc2ccc(F)cc2F)O1. The van der Waals surface area contributed by atoms with E-state index in [0.29, 0.717) is 25.3 Å². The van der Waals surface area contributed by atoms with Crippen LogP contribution in [0.5, 0.6) is 0 Å². The van der Waals surface area contributed by atoms with Crippen molar-refractivity contribution >= 4 is 0 Å². The average molecular weight is 257 g/mol. The first-order valence-electron chi connectivity index (χ1n) is 5.93. The second-order valence-electron chi connectivity index (χ2n) is 4.82. The molecule has 1 saturated heterocycles. The van der Waals surface area contributed by atoms with E-state index in [4.69, 9.17) is 9.47 Å². The third kappa shape index (κ3) is 3.48. The molecule has 1 N–H and O–H groups in total. The molecule has 0 amide bonds. The number of nitrogens with one attached hydrogen (secondary N) is 1. The molecule has 1 unspecified atom stereocenters. The monoisotopic (exact) mass is 257 g/mol. The third-order valence-electron chi connectivity index (χ3n) is 2.77. The van der Waals surface area contributed by atoms with Crippen LogP contribution in [-0.2, 0) is 16.0 Å². The van der Waals surface area contributed by atoms with Crippen molar-refractivity contribution in [2.24, 2.45) is 0 Å². The first-order valence-corrected chi connectivity index (χ1v) is 5.93. The van der Waals surface area contributed by atoms with Crippen molar-refractivity contribution in [3.8, 4) is 0 Å². The molecule has 1 fully saturated rings. The van der Waals surface area contributed by atoms with Gasteiger partial charge in [0.2, 0.25) is 0 Å². The van der Waals surface area contributed by atoms with Gasteiger partial charge in [0.15, 0.2) is 5.79 Å². The van der Waals surface area contributed by atoms with Gasteiger partial charge in [0, 0.05) is 24.7 Å². The number of ether oxygens (including phenoxy) is 2. The summed E-state index contributed by atoms with van der Waals surface area (Å²) in [6, 6.07) is 3.57. The molecule has 5 heteroatoms. The molecule has 1 aliphatic rings. The first-order chi connectivity index (χ1) is 8.46. The molecule has 1 atom stereocenters. The van der Waals surface area contributed by atoms with Crippen molar-refractivity contribution in [2.45, 2.75) is 32.3 Å². The van der Waals surface area contributed by atoms with Crippen LogP contribution >= 0.6 is 0 Å². The fourth-order valence-electron chi connectivity index (χ4n) is 1.90. The average Bonchev–Trinajstić information content (AvgIpc) is 2.61. The Labute approximate surface area is 105 Å². The lowest BCUT2D eigenvalue weighted by Gasteiger charge is -2.17. The molecule has 1 heterocycles. The fraction of sp³-hybridized carbons (Fsp3) is 0.538. The third-order valence-corrected chi connectivity index (χ3v) is 2.77. The van der Waals surface area contributed by atoms with Crippen LogP contribution in [0.1, 0.15) is 19.4 Å². The lowest BCUT2D eigenvalue weighted by atomic mass is 10.2. The van der Waals surface area contributed by atoms with E-state index < -0.39 is 17.4 Å². The molecule has 1 aromatic rings. The molecular formula is C13H17F2NO2. The molecule has 0 spiro atoms. The van der Waals surface area contributed by atoms with Crippen LogP contribution in [0, 0.1) is 11.6 Å². The first kappa shape index (κ1) is 13.4. The quantitative estimate of drug-likeness (QED) is 0.897. The maximum Gasteiger partial charge on any atom is 0.163 e. The van der Waals surface area contributed by atoms with Crippen LogP contribution in [0.25, 0.3) is 0 Å². The van der Waals surface area contributed by atoms with Crippen molar-refractivity contribution in [3.63, 3.8) is 0 Å². The Bertz CT molecular complexity index is 423. The van der Waals surface area contributed by atoms with E-state index in [2.05, 4.69) is 5.32 Å². The highest BCUT2D eigenvalue weighted by molar-refractivity contribution is 5.18. The van der Waals surface area contributed by atoms with Crippen molar-refractivity contribution < 1.29 is 18.3 Å². The number of hydrogen-bond donors (Lipinski definition) is 1. The summed E-state index contributed by atoms with van der Waals surface area (Å²) in [5.74, 6) is -1.65. The largest absolute Gasteiger partial charge is 0.348 e. The molecule has 2 rings (SSSR count). The zero-order valence-corrected chi connectivity index (χ0v) is 10.5. The minimum atomic E-state index is -0.564. The van der Waals surface area contributed by atoms with Crippen molar-refractivity contribution in [1.82, 2.24) is 5.32 Å². The lowest BCUT2D eigenvalue weighted by Crippen LogP contribution is -2.30. The van der Waals surface area contributed by atoms with Gasteiger partial charge in [0.25, 0.3) is 0 Å². The topological polar surface area (TPSA) is 30.5 Å². The van der Waals surface area contributed by atoms with E-state index in [1.54, 1.807) is 0 Å². The van der Waals surface area contributed by atoms with Crippen LogP contribution in [0.3, 0.4) is 0 Å². The summed E-state index contributed by atoms with van der Waals surface area (Å²) in [7, 11) is 0. The van der Waals surface area contributed by atoms with Crippen LogP contribution in [-0.4, -0.2) is 25.0 Å². The van der Waals surface area contributed by atoms with Gasteiger partial charge in [0.05, 0.1) is 12.7 Å². The van der Waals surface area contributed by atoms with E-state index in [1.165, 1.54) is 12.1 Å². The standard InChI is InChI=1S/C13H17F2NO2/c1-13(2)17-8-11(18-13)7-16-6-9-3-4-10(14)5-12(9)15/h3-5,11,16H,6-8H2,1-2H3. The van der Waals surface area contributed by atoms with Crippen molar-refractivity contribution in [1.29, 1.82) is 0 Å². The zero-order chi connectivity index (χ0) is 13.2.